The van der Waals surface area contributed by atoms with E-state index >= 15 is 0 Å². The van der Waals surface area contributed by atoms with Gasteiger partial charge in [-0.25, -0.2) is 4.98 Å². The number of rotatable bonds is 2. The van der Waals surface area contributed by atoms with E-state index in [-0.39, 0.29) is 6.04 Å². The van der Waals surface area contributed by atoms with Crippen molar-refractivity contribution in [3.8, 4) is 0 Å². The van der Waals surface area contributed by atoms with Crippen LogP contribution >= 0.6 is 11.3 Å². The van der Waals surface area contributed by atoms with Gasteiger partial charge in [0.25, 0.3) is 0 Å². The number of piperidine rings is 1. The van der Waals surface area contributed by atoms with Gasteiger partial charge in [0.15, 0.2) is 5.13 Å². The van der Waals surface area contributed by atoms with E-state index in [0.29, 0.717) is 0 Å². The summed E-state index contributed by atoms with van der Waals surface area (Å²) in [5.41, 5.74) is 5.94. The number of thiazole rings is 1. The Morgan fingerprint density at radius 3 is 2.89 bits per heavy atom. The lowest BCUT2D eigenvalue weighted by Gasteiger charge is -2.44. The first-order chi connectivity index (χ1) is 8.75. The van der Waals surface area contributed by atoms with Crippen LogP contribution in [0.5, 0.6) is 0 Å². The van der Waals surface area contributed by atoms with E-state index in [1.54, 1.807) is 11.3 Å². The fraction of sp³-hybridized carbons (Fsp3) is 0.786. The van der Waals surface area contributed by atoms with E-state index in [1.807, 2.05) is 13.1 Å². The van der Waals surface area contributed by atoms with Gasteiger partial charge in [0.05, 0.1) is 0 Å². The highest BCUT2D eigenvalue weighted by atomic mass is 32.1. The molecular formula is C14H23N3S. The molecule has 1 aliphatic carbocycles. The molecular weight excluding hydrogens is 242 g/mol. The minimum Gasteiger partial charge on any atom is -0.345 e. The molecule has 3 nitrogen and oxygen atoms in total. The molecule has 1 aliphatic heterocycles. The zero-order valence-corrected chi connectivity index (χ0v) is 12.0. The number of nitrogens with two attached hydrogens (primary N) is 1. The predicted octanol–water partition coefficient (Wildman–Crippen LogP) is 3.32. The highest BCUT2D eigenvalue weighted by Gasteiger charge is 2.34. The summed E-state index contributed by atoms with van der Waals surface area (Å²) in [5.74, 6) is 0.912. The Kier molecular flexibility index (Phi) is 3.57. The summed E-state index contributed by atoms with van der Waals surface area (Å²) in [7, 11) is 0. The molecule has 0 bridgehead atoms. The molecule has 18 heavy (non-hydrogen) atoms. The Bertz CT molecular complexity index is 399. The van der Waals surface area contributed by atoms with E-state index in [4.69, 9.17) is 5.73 Å². The van der Waals surface area contributed by atoms with Crippen molar-refractivity contribution in [3.63, 3.8) is 0 Å². The summed E-state index contributed by atoms with van der Waals surface area (Å²) >= 11 is 1.79. The van der Waals surface area contributed by atoms with Crippen LogP contribution in [0.25, 0.3) is 0 Å². The minimum atomic E-state index is 0.114. The molecule has 3 unspecified atom stereocenters. The fourth-order valence-electron chi connectivity index (χ4n) is 3.48. The second-order valence-corrected chi connectivity index (χ2v) is 6.82. The van der Waals surface area contributed by atoms with Crippen LogP contribution in [0, 0.1) is 5.92 Å². The first kappa shape index (κ1) is 12.4. The Labute approximate surface area is 113 Å². The van der Waals surface area contributed by atoms with Crippen molar-refractivity contribution in [3.05, 3.63) is 11.1 Å². The van der Waals surface area contributed by atoms with Gasteiger partial charge in [-0.3, -0.25) is 0 Å². The lowest BCUT2D eigenvalue weighted by Crippen LogP contribution is -2.46. The molecule has 1 aromatic rings. The third kappa shape index (κ3) is 2.28. The zero-order chi connectivity index (χ0) is 12.5. The van der Waals surface area contributed by atoms with Crippen LogP contribution in [0.1, 0.15) is 56.4 Å². The summed E-state index contributed by atoms with van der Waals surface area (Å²) in [4.78, 5) is 8.40. The summed E-state index contributed by atoms with van der Waals surface area (Å²) in [6.07, 6.45) is 10.3. The molecule has 2 heterocycles. The summed E-state index contributed by atoms with van der Waals surface area (Å²) in [5, 5.41) is 1.21. The van der Waals surface area contributed by atoms with Gasteiger partial charge in [-0.15, -0.1) is 11.3 Å². The quantitative estimate of drug-likeness (QED) is 0.892. The molecule has 100 valence electrons. The number of hydrogen-bond acceptors (Lipinski definition) is 4. The van der Waals surface area contributed by atoms with Gasteiger partial charge in [-0.2, -0.15) is 0 Å². The number of anilines is 1. The van der Waals surface area contributed by atoms with Crippen LogP contribution < -0.4 is 10.6 Å². The van der Waals surface area contributed by atoms with Crippen molar-refractivity contribution in [2.45, 2.75) is 57.5 Å². The molecule has 2 aliphatic rings. The average molecular weight is 265 g/mol. The van der Waals surface area contributed by atoms with Crippen LogP contribution in [-0.4, -0.2) is 17.6 Å². The van der Waals surface area contributed by atoms with Gasteiger partial charge in [0, 0.05) is 29.7 Å². The van der Waals surface area contributed by atoms with Crippen LogP contribution in [0.3, 0.4) is 0 Å². The third-order valence-electron chi connectivity index (χ3n) is 4.45. The van der Waals surface area contributed by atoms with E-state index in [2.05, 4.69) is 9.88 Å². The Balaban J connectivity index is 1.80. The maximum atomic E-state index is 5.94. The van der Waals surface area contributed by atoms with Crippen LogP contribution in [0.4, 0.5) is 5.13 Å². The van der Waals surface area contributed by atoms with Crippen LogP contribution in [-0.2, 0) is 0 Å². The van der Waals surface area contributed by atoms with Gasteiger partial charge in [-0.05, 0) is 38.5 Å². The normalized spacial score (nSPS) is 30.0. The van der Waals surface area contributed by atoms with E-state index in [1.165, 1.54) is 55.1 Å². The predicted molar refractivity (Wildman–Crippen MR) is 77.0 cm³/mol. The molecule has 0 spiro atoms. The van der Waals surface area contributed by atoms with Crippen molar-refractivity contribution in [2.75, 3.05) is 11.4 Å². The monoisotopic (exact) mass is 265 g/mol. The van der Waals surface area contributed by atoms with Gasteiger partial charge < -0.3 is 10.6 Å². The van der Waals surface area contributed by atoms with Gasteiger partial charge in [-0.1, -0.05) is 12.8 Å². The molecule has 1 saturated heterocycles. The van der Waals surface area contributed by atoms with Crippen molar-refractivity contribution in [1.82, 2.24) is 4.98 Å². The average Bonchev–Trinajstić information content (AvgIpc) is 2.87. The van der Waals surface area contributed by atoms with Crippen molar-refractivity contribution < 1.29 is 0 Å². The van der Waals surface area contributed by atoms with Gasteiger partial charge >= 0.3 is 0 Å². The lowest BCUT2D eigenvalue weighted by molar-refractivity contribution is 0.243. The van der Waals surface area contributed by atoms with Gasteiger partial charge in [0.2, 0.25) is 0 Å². The first-order valence-electron chi connectivity index (χ1n) is 7.23. The Morgan fingerprint density at radius 2 is 2.11 bits per heavy atom. The molecule has 0 aromatic carbocycles. The Hall–Kier alpha value is -0.610. The second-order valence-electron chi connectivity index (χ2n) is 5.78. The maximum absolute atomic E-state index is 5.94. The maximum Gasteiger partial charge on any atom is 0.185 e. The SMILES string of the molecule is CC(N)c1cnc(N2CCCC3CCCCC32)s1. The fourth-order valence-corrected chi connectivity index (χ4v) is 4.43. The zero-order valence-electron chi connectivity index (χ0n) is 11.1. The van der Waals surface area contributed by atoms with E-state index in [9.17, 15) is 0 Å². The van der Waals surface area contributed by atoms with E-state index in [0.717, 1.165) is 12.0 Å². The molecule has 3 atom stereocenters. The smallest absolute Gasteiger partial charge is 0.185 e. The van der Waals surface area contributed by atoms with Crippen molar-refractivity contribution >= 4 is 16.5 Å². The minimum absolute atomic E-state index is 0.114. The summed E-state index contributed by atoms with van der Waals surface area (Å²) < 4.78 is 0. The molecule has 1 aromatic heterocycles. The molecule has 1 saturated carbocycles. The molecule has 0 amide bonds. The largest absolute Gasteiger partial charge is 0.345 e. The standard InChI is InChI=1S/C14H23N3S/c1-10(15)13-9-16-14(18-13)17-8-4-6-11-5-2-3-7-12(11)17/h9-12H,2-8,15H2,1H3. The topological polar surface area (TPSA) is 42.1 Å². The van der Waals surface area contributed by atoms with Crippen molar-refractivity contribution in [2.24, 2.45) is 11.7 Å². The molecule has 0 radical (unpaired) electrons. The highest BCUT2D eigenvalue weighted by molar-refractivity contribution is 7.15. The highest BCUT2D eigenvalue weighted by Crippen LogP contribution is 2.39. The van der Waals surface area contributed by atoms with E-state index < -0.39 is 0 Å². The first-order valence-corrected chi connectivity index (χ1v) is 8.05. The molecule has 3 rings (SSSR count). The van der Waals surface area contributed by atoms with Crippen LogP contribution in [0.2, 0.25) is 0 Å². The van der Waals surface area contributed by atoms with Gasteiger partial charge in [0.1, 0.15) is 0 Å². The molecule has 4 heteroatoms. The lowest BCUT2D eigenvalue weighted by atomic mass is 9.78. The van der Waals surface area contributed by atoms with Crippen molar-refractivity contribution in [1.29, 1.82) is 0 Å². The number of nitrogens with zero attached hydrogens (tertiary/aromatic N) is 2. The third-order valence-corrected chi connectivity index (χ3v) is 5.68. The molecule has 2 N–H and O–H groups in total. The number of hydrogen-bond donors (Lipinski definition) is 1. The number of aromatic nitrogens is 1. The summed E-state index contributed by atoms with van der Waals surface area (Å²) in [6.45, 7) is 3.23. The second kappa shape index (κ2) is 5.17. The molecule has 2 fully saturated rings. The number of fused-ring (bicyclic) bond motifs is 1. The van der Waals surface area contributed by atoms with Crippen LogP contribution in [0.15, 0.2) is 6.20 Å². The summed E-state index contributed by atoms with van der Waals surface area (Å²) in [6, 6.07) is 0.864. The Morgan fingerprint density at radius 1 is 1.33 bits per heavy atom.